The van der Waals surface area contributed by atoms with Crippen molar-refractivity contribution >= 4 is 11.6 Å². The van der Waals surface area contributed by atoms with Crippen LogP contribution in [0.25, 0.3) is 0 Å². The molecule has 0 aromatic carbocycles. The van der Waals surface area contributed by atoms with Crippen molar-refractivity contribution in [3.05, 3.63) is 23.5 Å². The molecule has 2 heterocycles. The normalized spacial score (nSPS) is 19.2. The van der Waals surface area contributed by atoms with Crippen LogP contribution in [0, 0.1) is 6.92 Å². The molecule has 1 saturated heterocycles. The molecule has 3 N–H and O–H groups in total. The monoisotopic (exact) mass is 235 g/mol. The second-order valence-corrected chi connectivity index (χ2v) is 4.25. The number of nitrogen functional groups attached to an aromatic ring is 1. The third-order valence-corrected chi connectivity index (χ3v) is 2.87. The molecule has 1 aliphatic heterocycles. The lowest BCUT2D eigenvalue weighted by molar-refractivity contribution is 0.0857. The number of amides is 1. The Hall–Kier alpha value is -1.62. The average Bonchev–Trinajstić information content (AvgIpc) is 2.82. The van der Waals surface area contributed by atoms with E-state index in [9.17, 15) is 4.79 Å². The van der Waals surface area contributed by atoms with Gasteiger partial charge in [-0.1, -0.05) is 0 Å². The topological polar surface area (TPSA) is 77.2 Å². The number of rotatable bonds is 3. The number of hydrogen-bond donors (Lipinski definition) is 2. The van der Waals surface area contributed by atoms with E-state index in [1.807, 2.05) is 0 Å². The fourth-order valence-electron chi connectivity index (χ4n) is 1.89. The molecular formula is C12H17N3O2. The van der Waals surface area contributed by atoms with E-state index in [1.54, 1.807) is 19.2 Å². The third kappa shape index (κ3) is 2.94. The highest BCUT2D eigenvalue weighted by molar-refractivity contribution is 5.95. The Kier molecular flexibility index (Phi) is 3.58. The Balaban J connectivity index is 1.96. The Morgan fingerprint density at radius 1 is 1.71 bits per heavy atom. The second-order valence-electron chi connectivity index (χ2n) is 4.25. The number of anilines is 1. The lowest BCUT2D eigenvalue weighted by Crippen LogP contribution is -2.32. The fourth-order valence-corrected chi connectivity index (χ4v) is 1.89. The zero-order chi connectivity index (χ0) is 12.3. The van der Waals surface area contributed by atoms with Gasteiger partial charge in [0.05, 0.1) is 29.2 Å². The summed E-state index contributed by atoms with van der Waals surface area (Å²) in [6.07, 6.45) is 3.77. The second kappa shape index (κ2) is 5.14. The van der Waals surface area contributed by atoms with Gasteiger partial charge in [-0.15, -0.1) is 0 Å². The van der Waals surface area contributed by atoms with E-state index in [2.05, 4.69) is 10.3 Å². The summed E-state index contributed by atoms with van der Waals surface area (Å²) in [4.78, 5) is 16.0. The molecule has 0 radical (unpaired) electrons. The molecule has 1 aliphatic rings. The van der Waals surface area contributed by atoms with Crippen LogP contribution < -0.4 is 11.1 Å². The summed E-state index contributed by atoms with van der Waals surface area (Å²) in [7, 11) is 0. The Morgan fingerprint density at radius 3 is 3.24 bits per heavy atom. The third-order valence-electron chi connectivity index (χ3n) is 2.87. The zero-order valence-corrected chi connectivity index (χ0v) is 9.90. The van der Waals surface area contributed by atoms with Crippen molar-refractivity contribution in [2.45, 2.75) is 25.9 Å². The van der Waals surface area contributed by atoms with Crippen LogP contribution in [0.4, 0.5) is 5.69 Å². The predicted octanol–water partition coefficient (Wildman–Crippen LogP) is 0.881. The molecular weight excluding hydrogens is 218 g/mol. The van der Waals surface area contributed by atoms with Gasteiger partial charge in [0.2, 0.25) is 0 Å². The standard InChI is InChI=1S/C12H17N3O2/c1-8-11(5-9(13)6-14-8)12(16)15-7-10-3-2-4-17-10/h5-6,10H,2-4,7,13H2,1H3,(H,15,16). The molecule has 5 nitrogen and oxygen atoms in total. The summed E-state index contributed by atoms with van der Waals surface area (Å²) >= 11 is 0. The number of carbonyl (C=O) groups excluding carboxylic acids is 1. The van der Waals surface area contributed by atoms with Gasteiger partial charge in [0.1, 0.15) is 0 Å². The smallest absolute Gasteiger partial charge is 0.253 e. The van der Waals surface area contributed by atoms with E-state index in [-0.39, 0.29) is 12.0 Å². The molecule has 0 aliphatic carbocycles. The minimum absolute atomic E-state index is 0.141. The minimum Gasteiger partial charge on any atom is -0.397 e. The van der Waals surface area contributed by atoms with Crippen LogP contribution in [-0.2, 0) is 4.74 Å². The van der Waals surface area contributed by atoms with Gasteiger partial charge in [-0.05, 0) is 25.8 Å². The molecule has 1 unspecified atom stereocenters. The first-order chi connectivity index (χ1) is 8.16. The highest BCUT2D eigenvalue weighted by atomic mass is 16.5. The van der Waals surface area contributed by atoms with Gasteiger partial charge in [0.15, 0.2) is 0 Å². The summed E-state index contributed by atoms with van der Waals surface area (Å²) in [5.74, 6) is -0.141. The maximum absolute atomic E-state index is 11.9. The number of aromatic nitrogens is 1. The van der Waals surface area contributed by atoms with Crippen molar-refractivity contribution in [1.29, 1.82) is 0 Å². The number of nitrogens with two attached hydrogens (primary N) is 1. The molecule has 17 heavy (non-hydrogen) atoms. The number of hydrogen-bond acceptors (Lipinski definition) is 4. The van der Waals surface area contributed by atoms with Crippen molar-refractivity contribution in [3.63, 3.8) is 0 Å². The molecule has 1 atom stereocenters. The number of ether oxygens (including phenoxy) is 1. The maximum Gasteiger partial charge on any atom is 0.253 e. The summed E-state index contributed by atoms with van der Waals surface area (Å²) in [5.41, 5.74) is 7.33. The van der Waals surface area contributed by atoms with Gasteiger partial charge in [-0.2, -0.15) is 0 Å². The Bertz CT molecular complexity index is 414. The minimum atomic E-state index is -0.141. The molecule has 2 rings (SSSR count). The maximum atomic E-state index is 11.9. The average molecular weight is 235 g/mol. The van der Waals surface area contributed by atoms with Crippen LogP contribution in [0.1, 0.15) is 28.9 Å². The van der Waals surface area contributed by atoms with Gasteiger partial charge in [0, 0.05) is 13.2 Å². The number of nitrogens with zero attached hydrogens (tertiary/aromatic N) is 1. The van der Waals surface area contributed by atoms with Gasteiger partial charge in [-0.25, -0.2) is 0 Å². The van der Waals surface area contributed by atoms with E-state index in [1.165, 1.54) is 0 Å². The number of nitrogens with one attached hydrogen (secondary N) is 1. The summed E-state index contributed by atoms with van der Waals surface area (Å²) in [5, 5.41) is 2.85. The van der Waals surface area contributed by atoms with E-state index in [4.69, 9.17) is 10.5 Å². The van der Waals surface area contributed by atoms with Crippen LogP contribution in [0.2, 0.25) is 0 Å². The fraction of sp³-hybridized carbons (Fsp3) is 0.500. The van der Waals surface area contributed by atoms with Gasteiger partial charge in [0.25, 0.3) is 5.91 Å². The molecule has 1 aromatic heterocycles. The first-order valence-corrected chi connectivity index (χ1v) is 5.79. The number of carbonyl (C=O) groups is 1. The Morgan fingerprint density at radius 2 is 2.53 bits per heavy atom. The first-order valence-electron chi connectivity index (χ1n) is 5.79. The molecule has 5 heteroatoms. The molecule has 0 spiro atoms. The SMILES string of the molecule is Cc1ncc(N)cc1C(=O)NCC1CCCO1. The van der Waals surface area contributed by atoms with Crippen LogP contribution in [-0.4, -0.2) is 30.1 Å². The van der Waals surface area contributed by atoms with E-state index in [0.717, 1.165) is 19.4 Å². The lowest BCUT2D eigenvalue weighted by Gasteiger charge is -2.11. The predicted molar refractivity (Wildman–Crippen MR) is 64.7 cm³/mol. The van der Waals surface area contributed by atoms with Crippen molar-refractivity contribution in [3.8, 4) is 0 Å². The van der Waals surface area contributed by atoms with E-state index < -0.39 is 0 Å². The molecule has 1 fully saturated rings. The van der Waals surface area contributed by atoms with Crippen molar-refractivity contribution < 1.29 is 9.53 Å². The van der Waals surface area contributed by atoms with Crippen molar-refractivity contribution in [2.75, 3.05) is 18.9 Å². The molecule has 92 valence electrons. The zero-order valence-electron chi connectivity index (χ0n) is 9.90. The highest BCUT2D eigenvalue weighted by Crippen LogP contribution is 2.12. The summed E-state index contributed by atoms with van der Waals surface area (Å²) in [6.45, 7) is 3.13. The van der Waals surface area contributed by atoms with Gasteiger partial charge < -0.3 is 15.8 Å². The van der Waals surface area contributed by atoms with Crippen molar-refractivity contribution in [2.24, 2.45) is 0 Å². The molecule has 1 aromatic rings. The van der Waals surface area contributed by atoms with Crippen LogP contribution in [0.15, 0.2) is 12.3 Å². The number of pyridine rings is 1. The van der Waals surface area contributed by atoms with E-state index >= 15 is 0 Å². The van der Waals surface area contributed by atoms with Crippen LogP contribution in [0.5, 0.6) is 0 Å². The largest absolute Gasteiger partial charge is 0.397 e. The summed E-state index contributed by atoms with van der Waals surface area (Å²) in [6, 6.07) is 1.65. The van der Waals surface area contributed by atoms with E-state index in [0.29, 0.717) is 23.5 Å². The van der Waals surface area contributed by atoms with Crippen molar-refractivity contribution in [1.82, 2.24) is 10.3 Å². The highest BCUT2D eigenvalue weighted by Gasteiger charge is 2.17. The lowest BCUT2D eigenvalue weighted by atomic mass is 10.1. The molecule has 0 saturated carbocycles. The quantitative estimate of drug-likeness (QED) is 0.815. The molecule has 0 bridgehead atoms. The summed E-state index contributed by atoms with van der Waals surface area (Å²) < 4.78 is 5.44. The van der Waals surface area contributed by atoms with Crippen LogP contribution >= 0.6 is 0 Å². The van der Waals surface area contributed by atoms with Gasteiger partial charge in [-0.3, -0.25) is 9.78 Å². The Labute approximate surface area is 100 Å². The molecule has 1 amide bonds. The number of aryl methyl sites for hydroxylation is 1. The first kappa shape index (κ1) is 11.9. The van der Waals surface area contributed by atoms with Gasteiger partial charge >= 0.3 is 0 Å². The van der Waals surface area contributed by atoms with Crippen LogP contribution in [0.3, 0.4) is 0 Å².